The van der Waals surface area contributed by atoms with Gasteiger partial charge in [-0.25, -0.2) is 0 Å². The van der Waals surface area contributed by atoms with Gasteiger partial charge in [-0.2, -0.15) is 0 Å². The molecule has 152 valence electrons. The number of rotatable bonds is 10. The molecule has 1 saturated carbocycles. The zero-order chi connectivity index (χ0) is 19.5. The number of methoxy groups -OCH3 is 1. The van der Waals surface area contributed by atoms with Gasteiger partial charge in [-0.1, -0.05) is 12.8 Å². The Morgan fingerprint density at radius 3 is 2.56 bits per heavy atom. The normalized spacial score (nSPS) is 16.2. The number of nitrogens with one attached hydrogen (secondary N) is 2. The average molecular weight is 378 g/mol. The second kappa shape index (κ2) is 11.0. The third-order valence-electron chi connectivity index (χ3n) is 5.23. The fourth-order valence-corrected chi connectivity index (χ4v) is 3.68. The molecular formula is C21H35N3O3. The first kappa shape index (κ1) is 21.4. The van der Waals surface area contributed by atoms with Gasteiger partial charge in [0.25, 0.3) is 0 Å². The zero-order valence-electron chi connectivity index (χ0n) is 17.3. The minimum Gasteiger partial charge on any atom is -0.493 e. The summed E-state index contributed by atoms with van der Waals surface area (Å²) in [4.78, 5) is 4.38. The Balaban J connectivity index is 1.97. The Morgan fingerprint density at radius 1 is 1.15 bits per heavy atom. The first-order valence-electron chi connectivity index (χ1n) is 10.0. The van der Waals surface area contributed by atoms with Crippen LogP contribution in [0.1, 0.15) is 46.0 Å². The number of anilines is 1. The first-order chi connectivity index (χ1) is 13.2. The summed E-state index contributed by atoms with van der Waals surface area (Å²) in [5.41, 5.74) is 1.23. The molecule has 1 fully saturated rings. The summed E-state index contributed by atoms with van der Waals surface area (Å²) < 4.78 is 16.6. The second-order valence-corrected chi connectivity index (χ2v) is 7.00. The van der Waals surface area contributed by atoms with E-state index >= 15 is 0 Å². The van der Waals surface area contributed by atoms with Crippen LogP contribution < -0.4 is 20.1 Å². The van der Waals surface area contributed by atoms with Crippen LogP contribution in [-0.2, 0) is 4.74 Å². The van der Waals surface area contributed by atoms with Gasteiger partial charge < -0.3 is 24.8 Å². The van der Waals surface area contributed by atoms with E-state index in [2.05, 4.69) is 22.5 Å². The SMILES string of the molecule is CCOCCC1(CNC(=NC)Nc2ccc(OC)c(OCC)c2)CCCC1. The van der Waals surface area contributed by atoms with Gasteiger partial charge in [0, 0.05) is 38.6 Å². The maximum atomic E-state index is 5.66. The fourth-order valence-electron chi connectivity index (χ4n) is 3.68. The van der Waals surface area contributed by atoms with Crippen molar-refractivity contribution >= 4 is 11.6 Å². The molecule has 1 aliphatic rings. The molecule has 0 bridgehead atoms. The first-order valence-corrected chi connectivity index (χ1v) is 10.0. The molecule has 0 saturated heterocycles. The van der Waals surface area contributed by atoms with Gasteiger partial charge in [-0.05, 0) is 50.7 Å². The summed E-state index contributed by atoms with van der Waals surface area (Å²) in [7, 11) is 3.44. The van der Waals surface area contributed by atoms with Crippen molar-refractivity contribution in [3.05, 3.63) is 18.2 Å². The van der Waals surface area contributed by atoms with E-state index in [1.165, 1.54) is 25.7 Å². The van der Waals surface area contributed by atoms with Gasteiger partial charge in [0.05, 0.1) is 13.7 Å². The molecule has 1 aromatic carbocycles. The van der Waals surface area contributed by atoms with Crippen LogP contribution in [0.15, 0.2) is 23.2 Å². The molecular weight excluding hydrogens is 342 g/mol. The lowest BCUT2D eigenvalue weighted by atomic mass is 9.83. The van der Waals surface area contributed by atoms with Crippen LogP contribution in [0.3, 0.4) is 0 Å². The van der Waals surface area contributed by atoms with Crippen LogP contribution in [-0.4, -0.2) is 46.5 Å². The average Bonchev–Trinajstić information content (AvgIpc) is 3.15. The van der Waals surface area contributed by atoms with E-state index in [0.29, 0.717) is 12.0 Å². The summed E-state index contributed by atoms with van der Waals surface area (Å²) in [6.07, 6.45) is 6.20. The highest BCUT2D eigenvalue weighted by Crippen LogP contribution is 2.40. The highest BCUT2D eigenvalue weighted by molar-refractivity contribution is 5.93. The summed E-state index contributed by atoms with van der Waals surface area (Å²) >= 11 is 0. The number of hydrogen-bond donors (Lipinski definition) is 2. The lowest BCUT2D eigenvalue weighted by Gasteiger charge is -2.30. The predicted octanol–water partition coefficient (Wildman–Crippen LogP) is 4.07. The number of nitrogens with zero attached hydrogens (tertiary/aromatic N) is 1. The highest BCUT2D eigenvalue weighted by Gasteiger charge is 2.33. The monoisotopic (exact) mass is 377 g/mol. The Hall–Kier alpha value is -1.95. The van der Waals surface area contributed by atoms with Crippen LogP contribution >= 0.6 is 0 Å². The van der Waals surface area contributed by atoms with E-state index in [0.717, 1.165) is 49.3 Å². The molecule has 0 aliphatic heterocycles. The van der Waals surface area contributed by atoms with Crippen molar-refractivity contribution in [2.24, 2.45) is 10.4 Å². The minimum atomic E-state index is 0.309. The van der Waals surface area contributed by atoms with Crippen LogP contribution in [0, 0.1) is 5.41 Å². The molecule has 2 N–H and O–H groups in total. The van der Waals surface area contributed by atoms with Gasteiger partial charge in [0.1, 0.15) is 0 Å². The molecule has 0 spiro atoms. The van der Waals surface area contributed by atoms with Gasteiger partial charge in [-0.15, -0.1) is 0 Å². The van der Waals surface area contributed by atoms with Crippen molar-refractivity contribution < 1.29 is 14.2 Å². The minimum absolute atomic E-state index is 0.309. The molecule has 0 unspecified atom stereocenters. The maximum absolute atomic E-state index is 5.66. The lowest BCUT2D eigenvalue weighted by molar-refractivity contribution is 0.105. The van der Waals surface area contributed by atoms with Crippen LogP contribution in [0.25, 0.3) is 0 Å². The standard InChI is InChI=1S/C21H35N3O3/c1-5-26-14-13-21(11-7-8-12-21)16-23-20(22-3)24-17-9-10-18(25-4)19(15-17)27-6-2/h9-10,15H,5-8,11-14,16H2,1-4H3,(H2,22,23,24). The third kappa shape index (κ3) is 6.31. The van der Waals surface area contributed by atoms with Crippen LogP contribution in [0.4, 0.5) is 5.69 Å². The third-order valence-corrected chi connectivity index (χ3v) is 5.23. The summed E-state index contributed by atoms with van der Waals surface area (Å²) in [5.74, 6) is 2.22. The number of guanidine groups is 1. The largest absolute Gasteiger partial charge is 0.493 e. The summed E-state index contributed by atoms with van der Waals surface area (Å²) in [6.45, 7) is 7.14. The lowest BCUT2D eigenvalue weighted by Crippen LogP contribution is -2.40. The van der Waals surface area contributed by atoms with Gasteiger partial charge in [0.2, 0.25) is 0 Å². The Morgan fingerprint density at radius 2 is 1.93 bits per heavy atom. The fraction of sp³-hybridized carbons (Fsp3) is 0.667. The molecule has 0 aromatic heterocycles. The van der Waals surface area contributed by atoms with E-state index < -0.39 is 0 Å². The number of hydrogen-bond acceptors (Lipinski definition) is 4. The predicted molar refractivity (Wildman–Crippen MR) is 111 cm³/mol. The van der Waals surface area contributed by atoms with E-state index in [9.17, 15) is 0 Å². The smallest absolute Gasteiger partial charge is 0.195 e. The van der Waals surface area contributed by atoms with Crippen LogP contribution in [0.2, 0.25) is 0 Å². The Labute approximate surface area is 163 Å². The van der Waals surface area contributed by atoms with Crippen molar-refractivity contribution in [3.63, 3.8) is 0 Å². The van der Waals surface area contributed by atoms with E-state index in [1.807, 2.05) is 25.1 Å². The van der Waals surface area contributed by atoms with Gasteiger partial charge in [-0.3, -0.25) is 4.99 Å². The zero-order valence-corrected chi connectivity index (χ0v) is 17.3. The summed E-state index contributed by atoms with van der Waals surface area (Å²) in [5, 5.41) is 6.88. The highest BCUT2D eigenvalue weighted by atomic mass is 16.5. The van der Waals surface area contributed by atoms with Crippen molar-refractivity contribution in [1.82, 2.24) is 5.32 Å². The quantitative estimate of drug-likeness (QED) is 0.366. The number of benzene rings is 1. The van der Waals surface area contributed by atoms with Crippen molar-refractivity contribution in [3.8, 4) is 11.5 Å². The molecule has 2 rings (SSSR count). The molecule has 27 heavy (non-hydrogen) atoms. The Kier molecular flexibility index (Phi) is 8.72. The molecule has 0 atom stereocenters. The number of ether oxygens (including phenoxy) is 3. The molecule has 6 nitrogen and oxygen atoms in total. The molecule has 1 aromatic rings. The molecule has 6 heteroatoms. The van der Waals surface area contributed by atoms with Crippen molar-refractivity contribution in [1.29, 1.82) is 0 Å². The van der Waals surface area contributed by atoms with E-state index in [1.54, 1.807) is 14.2 Å². The van der Waals surface area contributed by atoms with Crippen LogP contribution in [0.5, 0.6) is 11.5 Å². The van der Waals surface area contributed by atoms with E-state index in [4.69, 9.17) is 14.2 Å². The molecule has 0 radical (unpaired) electrons. The summed E-state index contributed by atoms with van der Waals surface area (Å²) in [6, 6.07) is 5.81. The second-order valence-electron chi connectivity index (χ2n) is 7.00. The van der Waals surface area contributed by atoms with Gasteiger partial charge >= 0.3 is 0 Å². The van der Waals surface area contributed by atoms with Crippen molar-refractivity contribution in [2.45, 2.75) is 46.0 Å². The molecule has 0 amide bonds. The Bertz CT molecular complexity index is 598. The maximum Gasteiger partial charge on any atom is 0.195 e. The van der Waals surface area contributed by atoms with E-state index in [-0.39, 0.29) is 0 Å². The number of aliphatic imine (C=N–C) groups is 1. The molecule has 1 aliphatic carbocycles. The van der Waals surface area contributed by atoms with Crippen molar-refractivity contribution in [2.75, 3.05) is 45.8 Å². The molecule has 0 heterocycles. The topological polar surface area (TPSA) is 64.1 Å². The van der Waals surface area contributed by atoms with Gasteiger partial charge in [0.15, 0.2) is 17.5 Å².